The molecule has 1 aromatic carbocycles. The summed E-state index contributed by atoms with van der Waals surface area (Å²) in [6.07, 6.45) is 2.04. The summed E-state index contributed by atoms with van der Waals surface area (Å²) in [5.41, 5.74) is 0. The van der Waals surface area contributed by atoms with Crippen molar-refractivity contribution < 1.29 is 10.2 Å². The maximum absolute atomic E-state index is 8.07. The topological polar surface area (TPSA) is 40.5 Å². The minimum Gasteiger partial charge on any atom is -0.400 e. The maximum Gasteiger partial charge on any atom is 0.0430 e. The van der Waals surface area contributed by atoms with Gasteiger partial charge in [0.1, 0.15) is 0 Å². The second-order valence-corrected chi connectivity index (χ2v) is 2.23. The van der Waals surface area contributed by atoms with Gasteiger partial charge in [-0.25, -0.2) is 0 Å². The number of benzene rings is 1. The number of hydrogen-bond acceptors (Lipinski definition) is 2. The predicted octanol–water partition coefficient (Wildman–Crippen LogP) is 2.07. The molecule has 0 aromatic heterocycles. The Balaban J connectivity index is 0. The van der Waals surface area contributed by atoms with Crippen LogP contribution in [0.3, 0.4) is 0 Å². The molecule has 13 heavy (non-hydrogen) atoms. The summed E-state index contributed by atoms with van der Waals surface area (Å²) >= 11 is 0. The van der Waals surface area contributed by atoms with Gasteiger partial charge in [-0.05, 0) is 6.42 Å². The molecule has 0 amide bonds. The van der Waals surface area contributed by atoms with Crippen molar-refractivity contribution >= 4 is 0 Å². The molecule has 0 saturated heterocycles. The van der Waals surface area contributed by atoms with Crippen LogP contribution in [0, 0.1) is 0 Å². The molecule has 0 heterocycles. The van der Waals surface area contributed by atoms with E-state index in [9.17, 15) is 0 Å². The Kier molecular flexibility index (Phi) is 19.5. The van der Waals surface area contributed by atoms with Crippen molar-refractivity contribution in [3.8, 4) is 0 Å². The van der Waals surface area contributed by atoms with Crippen molar-refractivity contribution in [1.29, 1.82) is 0 Å². The molecule has 2 N–H and O–H groups in total. The lowest BCUT2D eigenvalue weighted by molar-refractivity contribution is 0.287. The van der Waals surface area contributed by atoms with Crippen molar-refractivity contribution in [3.63, 3.8) is 0 Å². The van der Waals surface area contributed by atoms with Gasteiger partial charge in [0.25, 0.3) is 0 Å². The van der Waals surface area contributed by atoms with E-state index < -0.39 is 0 Å². The number of aliphatic hydroxyl groups excluding tert-OH is 2. The van der Waals surface area contributed by atoms with Crippen LogP contribution in [-0.4, -0.2) is 23.9 Å². The van der Waals surface area contributed by atoms with Gasteiger partial charge in [-0.15, -0.1) is 0 Å². The Bertz CT molecular complexity index is 111. The molecule has 0 aliphatic heterocycles. The maximum atomic E-state index is 8.07. The highest BCUT2D eigenvalue weighted by atomic mass is 16.3. The molecule has 0 radical (unpaired) electrons. The monoisotopic (exact) mass is 184 g/mol. The first-order valence-electron chi connectivity index (χ1n) is 4.47. The molecule has 2 nitrogen and oxygen atoms in total. The Hall–Kier alpha value is -0.860. The smallest absolute Gasteiger partial charge is 0.0430 e. The van der Waals surface area contributed by atoms with Crippen LogP contribution in [0.4, 0.5) is 0 Å². The SMILES string of the molecule is CCCCO.CO.c1ccccc1. The molecule has 0 bridgehead atoms. The van der Waals surface area contributed by atoms with E-state index in [1.807, 2.05) is 36.4 Å². The second-order valence-electron chi connectivity index (χ2n) is 2.23. The molecule has 0 aliphatic carbocycles. The van der Waals surface area contributed by atoms with Crippen LogP contribution in [0.5, 0.6) is 0 Å². The first kappa shape index (κ1) is 14.7. The molecule has 0 saturated carbocycles. The highest BCUT2D eigenvalue weighted by Crippen LogP contribution is 1.80. The van der Waals surface area contributed by atoms with Crippen molar-refractivity contribution in [2.45, 2.75) is 19.8 Å². The van der Waals surface area contributed by atoms with Gasteiger partial charge in [-0.3, -0.25) is 0 Å². The minimum absolute atomic E-state index is 0.344. The van der Waals surface area contributed by atoms with Gasteiger partial charge in [0, 0.05) is 13.7 Å². The van der Waals surface area contributed by atoms with E-state index >= 15 is 0 Å². The zero-order chi connectivity index (χ0) is 10.4. The van der Waals surface area contributed by atoms with Crippen LogP contribution >= 0.6 is 0 Å². The van der Waals surface area contributed by atoms with Gasteiger partial charge in [-0.2, -0.15) is 0 Å². The third-order valence-corrected chi connectivity index (χ3v) is 1.18. The summed E-state index contributed by atoms with van der Waals surface area (Å²) in [5.74, 6) is 0. The molecule has 2 heteroatoms. The molecular formula is C11H20O2. The highest BCUT2D eigenvalue weighted by Gasteiger charge is 1.69. The van der Waals surface area contributed by atoms with Gasteiger partial charge in [-0.1, -0.05) is 49.7 Å². The number of unbranched alkanes of at least 4 members (excludes halogenated alkanes) is 1. The fourth-order valence-electron chi connectivity index (χ4n) is 0.543. The Labute approximate surface area is 80.9 Å². The van der Waals surface area contributed by atoms with Crippen LogP contribution < -0.4 is 0 Å². The van der Waals surface area contributed by atoms with Crippen LogP contribution in [-0.2, 0) is 0 Å². The zero-order valence-electron chi connectivity index (χ0n) is 8.48. The van der Waals surface area contributed by atoms with Gasteiger partial charge in [0.15, 0.2) is 0 Å². The van der Waals surface area contributed by atoms with E-state index in [-0.39, 0.29) is 0 Å². The van der Waals surface area contributed by atoms with E-state index in [0.717, 1.165) is 20.0 Å². The predicted molar refractivity (Wildman–Crippen MR) is 56.6 cm³/mol. The van der Waals surface area contributed by atoms with Gasteiger partial charge in [0.05, 0.1) is 0 Å². The molecule has 1 aromatic rings. The van der Waals surface area contributed by atoms with E-state index in [1.54, 1.807) is 0 Å². The summed E-state index contributed by atoms with van der Waals surface area (Å²) in [7, 11) is 1.00. The van der Waals surface area contributed by atoms with Gasteiger partial charge < -0.3 is 10.2 Å². The molecule has 0 fully saturated rings. The zero-order valence-corrected chi connectivity index (χ0v) is 8.48. The summed E-state index contributed by atoms with van der Waals surface area (Å²) in [6.45, 7) is 2.40. The number of rotatable bonds is 2. The Morgan fingerprint density at radius 3 is 1.23 bits per heavy atom. The third-order valence-electron chi connectivity index (χ3n) is 1.18. The third kappa shape index (κ3) is 18.3. The number of hydrogen-bond donors (Lipinski definition) is 2. The Morgan fingerprint density at radius 2 is 1.15 bits per heavy atom. The van der Waals surface area contributed by atoms with Crippen LogP contribution in [0.15, 0.2) is 36.4 Å². The lowest BCUT2D eigenvalue weighted by Crippen LogP contribution is -1.75. The van der Waals surface area contributed by atoms with Gasteiger partial charge in [0.2, 0.25) is 0 Å². The Morgan fingerprint density at radius 1 is 0.846 bits per heavy atom. The van der Waals surface area contributed by atoms with Crippen LogP contribution in [0.25, 0.3) is 0 Å². The molecule has 1 rings (SSSR count). The molecular weight excluding hydrogens is 164 g/mol. The summed E-state index contributed by atoms with van der Waals surface area (Å²) in [4.78, 5) is 0. The molecule has 76 valence electrons. The normalized spacial score (nSPS) is 7.38. The first-order chi connectivity index (χ1) is 6.41. The van der Waals surface area contributed by atoms with E-state index in [0.29, 0.717) is 6.61 Å². The molecule has 0 unspecified atom stereocenters. The fraction of sp³-hybridized carbons (Fsp3) is 0.455. The molecule has 0 spiro atoms. The lowest BCUT2D eigenvalue weighted by atomic mass is 10.4. The minimum atomic E-state index is 0.344. The summed E-state index contributed by atoms with van der Waals surface area (Å²) in [5, 5.41) is 15.1. The summed E-state index contributed by atoms with van der Waals surface area (Å²) in [6, 6.07) is 12.0. The quantitative estimate of drug-likeness (QED) is 0.738. The van der Waals surface area contributed by atoms with E-state index in [2.05, 4.69) is 6.92 Å². The van der Waals surface area contributed by atoms with Crippen molar-refractivity contribution in [2.75, 3.05) is 13.7 Å². The molecule has 0 atom stereocenters. The van der Waals surface area contributed by atoms with Gasteiger partial charge >= 0.3 is 0 Å². The first-order valence-corrected chi connectivity index (χ1v) is 4.47. The van der Waals surface area contributed by atoms with Crippen molar-refractivity contribution in [2.24, 2.45) is 0 Å². The number of aliphatic hydroxyl groups is 2. The highest BCUT2D eigenvalue weighted by molar-refractivity contribution is 4.99. The summed E-state index contributed by atoms with van der Waals surface area (Å²) < 4.78 is 0. The van der Waals surface area contributed by atoms with E-state index in [1.165, 1.54) is 0 Å². The van der Waals surface area contributed by atoms with Crippen molar-refractivity contribution in [3.05, 3.63) is 36.4 Å². The standard InChI is InChI=1S/C6H6.C4H10O.CH4O/c1-2-4-6-5-3-1;1-2-3-4-5;1-2/h1-6H;5H,2-4H2,1H3;2H,1H3. The van der Waals surface area contributed by atoms with Crippen LogP contribution in [0.1, 0.15) is 19.8 Å². The second kappa shape index (κ2) is 17.3. The lowest BCUT2D eigenvalue weighted by Gasteiger charge is -1.79. The van der Waals surface area contributed by atoms with E-state index in [4.69, 9.17) is 10.2 Å². The van der Waals surface area contributed by atoms with Crippen LogP contribution in [0.2, 0.25) is 0 Å². The molecule has 0 aliphatic rings. The fourth-order valence-corrected chi connectivity index (χ4v) is 0.543. The average Bonchev–Trinajstić information content (AvgIpc) is 2.25. The van der Waals surface area contributed by atoms with Crippen molar-refractivity contribution in [1.82, 2.24) is 0 Å². The average molecular weight is 184 g/mol. The largest absolute Gasteiger partial charge is 0.400 e.